The highest BCUT2D eigenvalue weighted by molar-refractivity contribution is 5.41. The fraction of sp³-hybridized carbons (Fsp3) is 0.333. The number of rotatable bonds is 3. The lowest BCUT2D eigenvalue weighted by molar-refractivity contribution is 0.268. The first-order valence-corrected chi connectivity index (χ1v) is 3.94. The molecule has 0 saturated heterocycles. The Bertz CT molecular complexity index is 246. The van der Waals surface area contributed by atoms with E-state index < -0.39 is 0 Å². The van der Waals surface area contributed by atoms with E-state index in [2.05, 4.69) is 0 Å². The molecule has 0 fully saturated rings. The number of anilines is 1. The number of benzene rings is 1. The summed E-state index contributed by atoms with van der Waals surface area (Å²) in [4.78, 5) is 0. The number of nitrogen functional groups attached to an aromatic ring is 1. The van der Waals surface area contributed by atoms with Crippen LogP contribution in [-0.4, -0.2) is 18.3 Å². The molecular weight excluding hydrogens is 152 g/mol. The number of hydrogen-bond donors (Lipinski definition) is 3. The number of nitrogens with two attached hydrogens (primary N) is 2. The molecule has 1 aromatic rings. The van der Waals surface area contributed by atoms with Gasteiger partial charge in [-0.3, -0.25) is 0 Å². The molecule has 1 rings (SSSR count). The minimum absolute atomic E-state index is 0.00787. The quantitative estimate of drug-likeness (QED) is 0.566. The first-order valence-electron chi connectivity index (χ1n) is 3.94. The van der Waals surface area contributed by atoms with Gasteiger partial charge in [0.25, 0.3) is 0 Å². The first-order chi connectivity index (χ1) is 5.77. The number of aliphatic hydroxyl groups is 1. The number of hydrogen-bond acceptors (Lipinski definition) is 3. The van der Waals surface area contributed by atoms with E-state index in [1.165, 1.54) is 0 Å². The van der Waals surface area contributed by atoms with Gasteiger partial charge in [0.15, 0.2) is 0 Å². The second-order valence-electron chi connectivity index (χ2n) is 2.79. The maximum atomic E-state index is 8.95. The largest absolute Gasteiger partial charge is 0.399 e. The van der Waals surface area contributed by atoms with Gasteiger partial charge >= 0.3 is 0 Å². The molecule has 0 bridgehead atoms. The molecule has 0 aliphatic carbocycles. The summed E-state index contributed by atoms with van der Waals surface area (Å²) in [6.45, 7) is 0.514. The predicted molar refractivity (Wildman–Crippen MR) is 49.7 cm³/mol. The Morgan fingerprint density at radius 2 is 2.17 bits per heavy atom. The summed E-state index contributed by atoms with van der Waals surface area (Å²) in [7, 11) is 0. The summed E-state index contributed by atoms with van der Waals surface area (Å²) in [5.41, 5.74) is 12.8. The van der Waals surface area contributed by atoms with Crippen molar-refractivity contribution in [2.24, 2.45) is 5.73 Å². The Hall–Kier alpha value is -1.06. The SMILES string of the molecule is NC[C@@H](CO)c1cccc(N)c1. The van der Waals surface area contributed by atoms with Crippen LogP contribution in [0.5, 0.6) is 0 Å². The molecule has 66 valence electrons. The molecular formula is C9H14N2O. The van der Waals surface area contributed by atoms with Crippen LogP contribution in [0.4, 0.5) is 5.69 Å². The lowest BCUT2D eigenvalue weighted by Gasteiger charge is -2.11. The van der Waals surface area contributed by atoms with E-state index in [9.17, 15) is 0 Å². The summed E-state index contributed by atoms with van der Waals surface area (Å²) in [5.74, 6) is 0.00787. The van der Waals surface area contributed by atoms with Crippen LogP contribution in [0.25, 0.3) is 0 Å². The van der Waals surface area contributed by atoms with E-state index in [1.807, 2.05) is 24.3 Å². The Balaban J connectivity index is 2.85. The van der Waals surface area contributed by atoms with E-state index in [4.69, 9.17) is 16.6 Å². The van der Waals surface area contributed by atoms with Gasteiger partial charge in [0.1, 0.15) is 0 Å². The van der Waals surface area contributed by atoms with Gasteiger partial charge < -0.3 is 16.6 Å². The summed E-state index contributed by atoms with van der Waals surface area (Å²) < 4.78 is 0. The highest BCUT2D eigenvalue weighted by atomic mass is 16.3. The van der Waals surface area contributed by atoms with Crippen molar-refractivity contribution in [3.8, 4) is 0 Å². The standard InChI is InChI=1S/C9H14N2O/c10-5-8(6-12)7-2-1-3-9(11)4-7/h1-4,8,12H,5-6,10-11H2/t8-/m0/s1. The zero-order valence-corrected chi connectivity index (χ0v) is 6.90. The second kappa shape index (κ2) is 4.09. The zero-order chi connectivity index (χ0) is 8.97. The lowest BCUT2D eigenvalue weighted by atomic mass is 10.00. The summed E-state index contributed by atoms with van der Waals surface area (Å²) in [5, 5.41) is 8.95. The van der Waals surface area contributed by atoms with Gasteiger partial charge in [-0.1, -0.05) is 12.1 Å². The second-order valence-corrected chi connectivity index (χ2v) is 2.79. The first kappa shape index (κ1) is 9.03. The molecule has 0 aromatic heterocycles. The van der Waals surface area contributed by atoms with Gasteiger partial charge in [-0.15, -0.1) is 0 Å². The fourth-order valence-electron chi connectivity index (χ4n) is 1.13. The van der Waals surface area contributed by atoms with Crippen LogP contribution >= 0.6 is 0 Å². The fourth-order valence-corrected chi connectivity index (χ4v) is 1.13. The number of aliphatic hydroxyl groups excluding tert-OH is 1. The maximum Gasteiger partial charge on any atom is 0.0511 e. The van der Waals surface area contributed by atoms with Crippen molar-refractivity contribution in [1.29, 1.82) is 0 Å². The average molecular weight is 166 g/mol. The molecule has 0 saturated carbocycles. The van der Waals surface area contributed by atoms with E-state index in [0.717, 1.165) is 5.56 Å². The van der Waals surface area contributed by atoms with Crippen molar-refractivity contribution < 1.29 is 5.11 Å². The third-order valence-electron chi connectivity index (χ3n) is 1.89. The van der Waals surface area contributed by atoms with E-state index >= 15 is 0 Å². The molecule has 3 nitrogen and oxygen atoms in total. The molecule has 0 radical (unpaired) electrons. The topological polar surface area (TPSA) is 72.3 Å². The Kier molecular flexibility index (Phi) is 3.08. The van der Waals surface area contributed by atoms with Gasteiger partial charge in [0.05, 0.1) is 6.61 Å². The van der Waals surface area contributed by atoms with Crippen LogP contribution in [0, 0.1) is 0 Å². The minimum atomic E-state index is 0.00787. The van der Waals surface area contributed by atoms with Crippen LogP contribution in [0.1, 0.15) is 11.5 Å². The molecule has 0 unspecified atom stereocenters. The molecule has 0 aliphatic heterocycles. The maximum absolute atomic E-state index is 8.95. The Labute approximate surface area is 72.0 Å². The normalized spacial score (nSPS) is 12.8. The molecule has 0 aliphatic rings. The van der Waals surface area contributed by atoms with Crippen LogP contribution in [0.3, 0.4) is 0 Å². The van der Waals surface area contributed by atoms with Gasteiger partial charge in [-0.2, -0.15) is 0 Å². The van der Waals surface area contributed by atoms with E-state index in [-0.39, 0.29) is 12.5 Å². The summed E-state index contributed by atoms with van der Waals surface area (Å²) in [6, 6.07) is 7.44. The smallest absolute Gasteiger partial charge is 0.0511 e. The van der Waals surface area contributed by atoms with Gasteiger partial charge in [-0.25, -0.2) is 0 Å². The van der Waals surface area contributed by atoms with Crippen molar-refractivity contribution in [2.75, 3.05) is 18.9 Å². The Morgan fingerprint density at radius 3 is 2.67 bits per heavy atom. The van der Waals surface area contributed by atoms with E-state index in [0.29, 0.717) is 12.2 Å². The molecule has 5 N–H and O–H groups in total. The third-order valence-corrected chi connectivity index (χ3v) is 1.89. The predicted octanol–water partition coefficient (Wildman–Crippen LogP) is 0.303. The van der Waals surface area contributed by atoms with Crippen molar-refractivity contribution in [2.45, 2.75) is 5.92 Å². The molecule has 0 heterocycles. The van der Waals surface area contributed by atoms with Crippen molar-refractivity contribution >= 4 is 5.69 Å². The Morgan fingerprint density at radius 1 is 1.42 bits per heavy atom. The van der Waals surface area contributed by atoms with Crippen molar-refractivity contribution in [3.63, 3.8) is 0 Å². The molecule has 1 aromatic carbocycles. The molecule has 3 heteroatoms. The highest BCUT2D eigenvalue weighted by Gasteiger charge is 2.07. The zero-order valence-electron chi connectivity index (χ0n) is 6.90. The van der Waals surface area contributed by atoms with Crippen molar-refractivity contribution in [3.05, 3.63) is 29.8 Å². The van der Waals surface area contributed by atoms with Gasteiger partial charge in [0.2, 0.25) is 0 Å². The molecule has 12 heavy (non-hydrogen) atoms. The minimum Gasteiger partial charge on any atom is -0.399 e. The summed E-state index contributed by atoms with van der Waals surface area (Å²) >= 11 is 0. The highest BCUT2D eigenvalue weighted by Crippen LogP contribution is 2.16. The van der Waals surface area contributed by atoms with Crippen LogP contribution in [0.2, 0.25) is 0 Å². The third kappa shape index (κ3) is 1.96. The monoisotopic (exact) mass is 166 g/mol. The van der Waals surface area contributed by atoms with Crippen LogP contribution < -0.4 is 11.5 Å². The average Bonchev–Trinajstić information content (AvgIpc) is 2.07. The molecule has 1 atom stereocenters. The molecule has 0 amide bonds. The van der Waals surface area contributed by atoms with Gasteiger partial charge in [0, 0.05) is 18.2 Å². The van der Waals surface area contributed by atoms with Crippen LogP contribution in [0.15, 0.2) is 24.3 Å². The van der Waals surface area contributed by atoms with Gasteiger partial charge in [-0.05, 0) is 17.7 Å². The lowest BCUT2D eigenvalue weighted by Crippen LogP contribution is -2.16. The van der Waals surface area contributed by atoms with E-state index in [1.54, 1.807) is 0 Å². The van der Waals surface area contributed by atoms with Crippen molar-refractivity contribution in [1.82, 2.24) is 0 Å². The molecule has 0 spiro atoms. The summed E-state index contributed by atoms with van der Waals surface area (Å²) in [6.07, 6.45) is 0. The van der Waals surface area contributed by atoms with Crippen LogP contribution in [-0.2, 0) is 0 Å².